The van der Waals surface area contributed by atoms with Gasteiger partial charge < -0.3 is 24.1 Å². The average Bonchev–Trinajstić information content (AvgIpc) is 3.14. The van der Waals surface area contributed by atoms with Crippen LogP contribution in [0.15, 0.2) is 47.0 Å². The molecule has 0 saturated heterocycles. The fourth-order valence-electron chi connectivity index (χ4n) is 3.03. The first-order chi connectivity index (χ1) is 15.9. The van der Waals surface area contributed by atoms with E-state index in [0.717, 1.165) is 16.8 Å². The van der Waals surface area contributed by atoms with Gasteiger partial charge in [-0.05, 0) is 56.2 Å². The number of carbonyl (C=O) groups is 2. The molecule has 0 atom stereocenters. The molecule has 2 aromatic carbocycles. The molecule has 1 aromatic heterocycles. The van der Waals surface area contributed by atoms with Crippen LogP contribution in [-0.4, -0.2) is 37.3 Å². The van der Waals surface area contributed by atoms with E-state index in [4.69, 9.17) is 18.7 Å². The van der Waals surface area contributed by atoms with Gasteiger partial charge in [0.2, 0.25) is 0 Å². The molecule has 9 heteroatoms. The molecule has 0 spiro atoms. The third-order valence-corrected chi connectivity index (χ3v) is 4.94. The summed E-state index contributed by atoms with van der Waals surface area (Å²) < 4.78 is 34.2. The lowest BCUT2D eigenvalue weighted by atomic mass is 10.1. The van der Waals surface area contributed by atoms with Crippen molar-refractivity contribution < 1.29 is 32.7 Å². The summed E-state index contributed by atoms with van der Waals surface area (Å²) in [4.78, 5) is 24.3. The summed E-state index contributed by atoms with van der Waals surface area (Å²) in [5, 5.41) is 6.54. The summed E-state index contributed by atoms with van der Waals surface area (Å²) >= 11 is 0. The predicted molar refractivity (Wildman–Crippen MR) is 117 cm³/mol. The zero-order valence-electron chi connectivity index (χ0n) is 18.6. The number of esters is 1. The molecular weight excluding hydrogens is 431 g/mol. The first kappa shape index (κ1) is 23.8. The zero-order valence-corrected chi connectivity index (χ0v) is 18.6. The Kier molecular flexibility index (Phi) is 8.01. The Bertz CT molecular complexity index is 1090. The maximum Gasteiger partial charge on any atom is 0.338 e. The Labute approximate surface area is 190 Å². The molecule has 3 aromatic rings. The van der Waals surface area contributed by atoms with Crippen LogP contribution in [0.3, 0.4) is 0 Å². The summed E-state index contributed by atoms with van der Waals surface area (Å²) in [7, 11) is 1.46. The lowest BCUT2D eigenvalue weighted by Crippen LogP contribution is -2.30. The van der Waals surface area contributed by atoms with Crippen LogP contribution in [-0.2, 0) is 22.6 Å². The van der Waals surface area contributed by atoms with Gasteiger partial charge in [-0.25, -0.2) is 9.18 Å². The number of halogens is 1. The second-order valence-corrected chi connectivity index (χ2v) is 7.26. The Balaban J connectivity index is 1.48. The van der Waals surface area contributed by atoms with Crippen molar-refractivity contribution in [1.82, 2.24) is 10.5 Å². The summed E-state index contributed by atoms with van der Waals surface area (Å²) in [6.45, 7) is 3.78. The van der Waals surface area contributed by atoms with E-state index < -0.39 is 18.5 Å². The number of hydrogen-bond donors (Lipinski definition) is 1. The minimum absolute atomic E-state index is 0.218. The van der Waals surface area contributed by atoms with Crippen molar-refractivity contribution in [3.63, 3.8) is 0 Å². The number of amides is 1. The molecule has 0 aliphatic carbocycles. The molecule has 0 bridgehead atoms. The van der Waals surface area contributed by atoms with Gasteiger partial charge in [-0.15, -0.1) is 0 Å². The third-order valence-electron chi connectivity index (χ3n) is 4.94. The van der Waals surface area contributed by atoms with Crippen molar-refractivity contribution in [2.75, 3.05) is 20.3 Å². The van der Waals surface area contributed by atoms with Gasteiger partial charge in [0.25, 0.3) is 5.91 Å². The van der Waals surface area contributed by atoms with Crippen molar-refractivity contribution in [3.05, 3.63) is 76.4 Å². The van der Waals surface area contributed by atoms with E-state index in [-0.39, 0.29) is 18.0 Å². The zero-order chi connectivity index (χ0) is 23.8. The largest absolute Gasteiger partial charge is 0.493 e. The highest BCUT2D eigenvalue weighted by molar-refractivity contribution is 5.92. The maximum absolute atomic E-state index is 12.9. The predicted octanol–water partition coefficient (Wildman–Crippen LogP) is 3.53. The fourth-order valence-corrected chi connectivity index (χ4v) is 3.03. The molecule has 1 amide bonds. The van der Waals surface area contributed by atoms with Gasteiger partial charge in [-0.1, -0.05) is 17.3 Å². The Morgan fingerprint density at radius 1 is 1.09 bits per heavy atom. The van der Waals surface area contributed by atoms with Crippen LogP contribution in [0.25, 0.3) is 0 Å². The monoisotopic (exact) mass is 456 g/mol. The molecule has 1 heterocycles. The van der Waals surface area contributed by atoms with Crippen LogP contribution in [0.1, 0.15) is 32.9 Å². The van der Waals surface area contributed by atoms with Crippen molar-refractivity contribution in [3.8, 4) is 11.5 Å². The van der Waals surface area contributed by atoms with Gasteiger partial charge in [0, 0.05) is 6.54 Å². The van der Waals surface area contributed by atoms with Gasteiger partial charge in [0.15, 0.2) is 18.1 Å². The number of nitrogens with one attached hydrogen (secondary N) is 1. The van der Waals surface area contributed by atoms with Crippen LogP contribution >= 0.6 is 0 Å². The minimum atomic E-state index is -0.667. The summed E-state index contributed by atoms with van der Waals surface area (Å²) in [5.74, 6) is 0.0395. The number of aryl methyl sites for hydroxylation is 2. The number of ether oxygens (including phenoxy) is 3. The van der Waals surface area contributed by atoms with Crippen LogP contribution in [0.5, 0.6) is 11.5 Å². The molecule has 33 heavy (non-hydrogen) atoms. The Hall–Kier alpha value is -3.88. The highest BCUT2D eigenvalue weighted by atomic mass is 19.1. The van der Waals surface area contributed by atoms with Crippen molar-refractivity contribution in [2.24, 2.45) is 0 Å². The molecule has 0 radical (unpaired) electrons. The first-order valence-corrected chi connectivity index (χ1v) is 10.3. The standard InChI is InChI=1S/C24H25FN2O6/c1-15-20(16(2)33-27-15)13-31-21-9-6-18(12-22(21)30-3)24(29)32-14-23(28)26-11-10-17-4-7-19(25)8-5-17/h4-9,12H,10-11,13-14H2,1-3H3,(H,26,28). The average molecular weight is 456 g/mol. The van der Waals surface area contributed by atoms with Crippen molar-refractivity contribution in [2.45, 2.75) is 26.9 Å². The number of rotatable bonds is 10. The second kappa shape index (κ2) is 11.1. The smallest absolute Gasteiger partial charge is 0.338 e. The number of hydrogen-bond acceptors (Lipinski definition) is 7. The number of nitrogens with zero attached hydrogens (tertiary/aromatic N) is 1. The van der Waals surface area contributed by atoms with Crippen molar-refractivity contribution in [1.29, 1.82) is 0 Å². The Morgan fingerprint density at radius 2 is 1.85 bits per heavy atom. The van der Waals surface area contributed by atoms with E-state index in [1.165, 1.54) is 31.4 Å². The number of benzene rings is 2. The van der Waals surface area contributed by atoms with E-state index in [0.29, 0.717) is 30.2 Å². The molecule has 1 N–H and O–H groups in total. The van der Waals surface area contributed by atoms with Gasteiger partial charge in [0.1, 0.15) is 18.2 Å². The van der Waals surface area contributed by atoms with Crippen molar-refractivity contribution >= 4 is 11.9 Å². The highest BCUT2D eigenvalue weighted by Crippen LogP contribution is 2.29. The SMILES string of the molecule is COc1cc(C(=O)OCC(=O)NCCc2ccc(F)cc2)ccc1OCc1c(C)noc1C. The van der Waals surface area contributed by atoms with Crippen LogP contribution in [0.4, 0.5) is 4.39 Å². The van der Waals surface area contributed by atoms with E-state index in [9.17, 15) is 14.0 Å². The van der Waals surface area contributed by atoms with E-state index >= 15 is 0 Å². The molecule has 0 saturated carbocycles. The molecule has 8 nitrogen and oxygen atoms in total. The van der Waals surface area contributed by atoms with Crippen LogP contribution in [0, 0.1) is 19.7 Å². The van der Waals surface area contributed by atoms with E-state index in [1.807, 2.05) is 6.92 Å². The lowest BCUT2D eigenvalue weighted by Gasteiger charge is -2.12. The maximum atomic E-state index is 12.9. The van der Waals surface area contributed by atoms with Gasteiger partial charge in [0.05, 0.1) is 23.9 Å². The fraction of sp³-hybridized carbons (Fsp3) is 0.292. The Morgan fingerprint density at radius 3 is 2.52 bits per heavy atom. The van der Waals surface area contributed by atoms with Crippen LogP contribution in [0.2, 0.25) is 0 Å². The third kappa shape index (κ3) is 6.55. The molecular formula is C24H25FN2O6. The quantitative estimate of drug-likeness (QED) is 0.466. The number of carbonyl (C=O) groups excluding carboxylic acids is 2. The number of aromatic nitrogens is 1. The summed E-state index contributed by atoms with van der Waals surface area (Å²) in [5.41, 5.74) is 2.68. The molecule has 0 fully saturated rings. The first-order valence-electron chi connectivity index (χ1n) is 10.3. The van der Waals surface area contributed by atoms with Gasteiger partial charge in [-0.2, -0.15) is 0 Å². The highest BCUT2D eigenvalue weighted by Gasteiger charge is 2.16. The van der Waals surface area contributed by atoms with E-state index in [2.05, 4.69) is 10.5 Å². The van der Waals surface area contributed by atoms with Gasteiger partial charge >= 0.3 is 5.97 Å². The minimum Gasteiger partial charge on any atom is -0.493 e. The van der Waals surface area contributed by atoms with Crippen LogP contribution < -0.4 is 14.8 Å². The van der Waals surface area contributed by atoms with E-state index in [1.54, 1.807) is 25.1 Å². The molecule has 0 aliphatic rings. The molecule has 3 rings (SSSR count). The number of methoxy groups -OCH3 is 1. The topological polar surface area (TPSA) is 99.9 Å². The molecule has 0 unspecified atom stereocenters. The lowest BCUT2D eigenvalue weighted by molar-refractivity contribution is -0.124. The molecule has 174 valence electrons. The van der Waals surface area contributed by atoms with Gasteiger partial charge in [-0.3, -0.25) is 4.79 Å². The molecule has 0 aliphatic heterocycles. The normalized spacial score (nSPS) is 10.5. The second-order valence-electron chi connectivity index (χ2n) is 7.26. The summed E-state index contributed by atoms with van der Waals surface area (Å²) in [6.07, 6.45) is 0.534. The summed E-state index contributed by atoms with van der Waals surface area (Å²) in [6, 6.07) is 10.6.